The van der Waals surface area contributed by atoms with E-state index in [0.717, 1.165) is 11.1 Å². The number of sulfonamides is 1. The fraction of sp³-hybridized carbons (Fsp3) is 0.250. The highest BCUT2D eigenvalue weighted by molar-refractivity contribution is 7.90. The molecule has 1 heterocycles. The third-order valence-electron chi connectivity index (χ3n) is 4.40. The van der Waals surface area contributed by atoms with Crippen molar-refractivity contribution >= 4 is 21.7 Å². The summed E-state index contributed by atoms with van der Waals surface area (Å²) in [4.78, 5) is 14.3. The summed E-state index contributed by atoms with van der Waals surface area (Å²) in [5.41, 5.74) is 2.52. The molecule has 0 aromatic heterocycles. The number of benzene rings is 2. The standard InChI is InChI=1S/C20H22N2O4S/c1-15-7-10-18(11-8-15)27(24,25)21-20(23)22-13-5-3-4-6-16-14-17(26-2)9-12-19(16)22/h3-4,7-12,14H,5-6,13H2,1-2H3,(H,21,23)/b4-3-. The Bertz CT molecular complexity index is 966. The monoisotopic (exact) mass is 386 g/mol. The summed E-state index contributed by atoms with van der Waals surface area (Å²) < 4.78 is 32.6. The van der Waals surface area contributed by atoms with Gasteiger partial charge in [0.15, 0.2) is 0 Å². The molecule has 7 heteroatoms. The van der Waals surface area contributed by atoms with Crippen LogP contribution in [-0.2, 0) is 16.4 Å². The van der Waals surface area contributed by atoms with Gasteiger partial charge in [0.25, 0.3) is 10.0 Å². The fourth-order valence-electron chi connectivity index (χ4n) is 2.93. The van der Waals surface area contributed by atoms with Gasteiger partial charge in [-0.25, -0.2) is 17.9 Å². The van der Waals surface area contributed by atoms with Gasteiger partial charge in [-0.2, -0.15) is 0 Å². The molecule has 2 aromatic carbocycles. The van der Waals surface area contributed by atoms with E-state index in [4.69, 9.17) is 4.74 Å². The van der Waals surface area contributed by atoms with Crippen molar-refractivity contribution in [2.45, 2.75) is 24.7 Å². The molecular formula is C20H22N2O4S. The number of ether oxygens (including phenoxy) is 1. The Labute approximate surface area is 159 Å². The average Bonchev–Trinajstić information content (AvgIpc) is 2.62. The Balaban J connectivity index is 1.89. The maximum Gasteiger partial charge on any atom is 0.335 e. The number of carbonyl (C=O) groups excluding carboxylic acids is 1. The summed E-state index contributed by atoms with van der Waals surface area (Å²) in [6, 6.07) is 11.1. The Morgan fingerprint density at radius 1 is 1.11 bits per heavy atom. The number of aryl methyl sites for hydroxylation is 1. The number of rotatable bonds is 3. The van der Waals surface area contributed by atoms with E-state index in [0.29, 0.717) is 30.8 Å². The SMILES string of the molecule is COc1ccc2c(c1)C/C=C\CCN2C(=O)NS(=O)(=O)c1ccc(C)cc1. The lowest BCUT2D eigenvalue weighted by Crippen LogP contribution is -2.44. The van der Waals surface area contributed by atoms with Gasteiger partial charge in [0, 0.05) is 12.2 Å². The summed E-state index contributed by atoms with van der Waals surface area (Å²) in [6.07, 6.45) is 5.30. The van der Waals surface area contributed by atoms with E-state index in [2.05, 4.69) is 4.72 Å². The largest absolute Gasteiger partial charge is 0.497 e. The molecule has 0 bridgehead atoms. The summed E-state index contributed by atoms with van der Waals surface area (Å²) >= 11 is 0. The van der Waals surface area contributed by atoms with Crippen LogP contribution in [0.1, 0.15) is 17.5 Å². The molecule has 0 spiro atoms. The van der Waals surface area contributed by atoms with Crippen LogP contribution in [0, 0.1) is 6.92 Å². The van der Waals surface area contributed by atoms with E-state index < -0.39 is 16.1 Å². The summed E-state index contributed by atoms with van der Waals surface area (Å²) in [5, 5.41) is 0. The molecule has 1 aliphatic rings. The first-order chi connectivity index (χ1) is 12.9. The van der Waals surface area contributed by atoms with Crippen molar-refractivity contribution in [2.24, 2.45) is 0 Å². The Morgan fingerprint density at radius 2 is 1.85 bits per heavy atom. The zero-order valence-electron chi connectivity index (χ0n) is 15.3. The van der Waals surface area contributed by atoms with Crippen molar-refractivity contribution in [1.29, 1.82) is 0 Å². The number of allylic oxidation sites excluding steroid dienone is 1. The highest BCUT2D eigenvalue weighted by atomic mass is 32.2. The minimum absolute atomic E-state index is 0.0587. The molecule has 1 aliphatic heterocycles. The van der Waals surface area contributed by atoms with Gasteiger partial charge in [-0.05, 0) is 55.7 Å². The number of hydrogen-bond donors (Lipinski definition) is 1. The van der Waals surface area contributed by atoms with Crippen molar-refractivity contribution in [2.75, 3.05) is 18.6 Å². The second kappa shape index (κ2) is 7.84. The predicted molar refractivity (Wildman–Crippen MR) is 105 cm³/mol. The third-order valence-corrected chi connectivity index (χ3v) is 5.74. The van der Waals surface area contributed by atoms with E-state index in [1.54, 1.807) is 31.4 Å². The van der Waals surface area contributed by atoms with Crippen LogP contribution in [-0.4, -0.2) is 28.1 Å². The molecule has 0 aliphatic carbocycles. The molecule has 2 amide bonds. The Morgan fingerprint density at radius 3 is 2.56 bits per heavy atom. The number of amides is 2. The highest BCUT2D eigenvalue weighted by Crippen LogP contribution is 2.28. The van der Waals surface area contributed by atoms with Crippen LogP contribution in [0.4, 0.5) is 10.5 Å². The Kier molecular flexibility index (Phi) is 5.51. The van der Waals surface area contributed by atoms with E-state index >= 15 is 0 Å². The first-order valence-electron chi connectivity index (χ1n) is 8.63. The van der Waals surface area contributed by atoms with Gasteiger partial charge in [-0.1, -0.05) is 29.8 Å². The number of hydrogen-bond acceptors (Lipinski definition) is 4. The zero-order chi connectivity index (χ0) is 19.4. The van der Waals surface area contributed by atoms with E-state index in [1.807, 2.05) is 25.1 Å². The minimum Gasteiger partial charge on any atom is -0.497 e. The molecule has 0 atom stereocenters. The van der Waals surface area contributed by atoms with Crippen molar-refractivity contribution in [3.8, 4) is 5.75 Å². The van der Waals surface area contributed by atoms with Crippen LogP contribution in [0.15, 0.2) is 59.5 Å². The lowest BCUT2D eigenvalue weighted by atomic mass is 10.1. The van der Waals surface area contributed by atoms with Crippen LogP contribution in [0.2, 0.25) is 0 Å². The molecule has 0 fully saturated rings. The normalized spacial score (nSPS) is 15.3. The molecule has 27 heavy (non-hydrogen) atoms. The molecule has 1 N–H and O–H groups in total. The molecule has 2 aromatic rings. The maximum absolute atomic E-state index is 12.8. The molecule has 3 rings (SSSR count). The quantitative estimate of drug-likeness (QED) is 0.820. The lowest BCUT2D eigenvalue weighted by molar-refractivity contribution is 0.251. The molecule has 0 radical (unpaired) electrons. The first-order valence-corrected chi connectivity index (χ1v) is 10.1. The van der Waals surface area contributed by atoms with Gasteiger partial charge < -0.3 is 4.74 Å². The van der Waals surface area contributed by atoms with Gasteiger partial charge in [-0.15, -0.1) is 0 Å². The number of nitrogens with zero attached hydrogens (tertiary/aromatic N) is 1. The number of fused-ring (bicyclic) bond motifs is 1. The minimum atomic E-state index is -3.95. The second-order valence-corrected chi connectivity index (χ2v) is 8.02. The fourth-order valence-corrected chi connectivity index (χ4v) is 3.88. The van der Waals surface area contributed by atoms with E-state index in [1.165, 1.54) is 17.0 Å². The van der Waals surface area contributed by atoms with Gasteiger partial charge in [0.05, 0.1) is 12.0 Å². The summed E-state index contributed by atoms with van der Waals surface area (Å²) in [7, 11) is -2.36. The highest BCUT2D eigenvalue weighted by Gasteiger charge is 2.25. The molecule has 0 saturated heterocycles. The number of carbonyl (C=O) groups is 1. The van der Waals surface area contributed by atoms with Crippen LogP contribution < -0.4 is 14.4 Å². The van der Waals surface area contributed by atoms with Gasteiger partial charge in [0.2, 0.25) is 0 Å². The van der Waals surface area contributed by atoms with Crippen molar-refractivity contribution < 1.29 is 17.9 Å². The first kappa shape index (κ1) is 19.0. The maximum atomic E-state index is 12.8. The van der Waals surface area contributed by atoms with Gasteiger partial charge >= 0.3 is 6.03 Å². The zero-order valence-corrected chi connectivity index (χ0v) is 16.1. The van der Waals surface area contributed by atoms with Crippen LogP contribution >= 0.6 is 0 Å². The van der Waals surface area contributed by atoms with E-state index in [9.17, 15) is 13.2 Å². The number of anilines is 1. The van der Waals surface area contributed by atoms with Crippen molar-refractivity contribution in [3.63, 3.8) is 0 Å². The number of nitrogens with one attached hydrogen (secondary N) is 1. The van der Waals surface area contributed by atoms with Crippen LogP contribution in [0.5, 0.6) is 5.75 Å². The summed E-state index contributed by atoms with van der Waals surface area (Å²) in [5.74, 6) is 0.690. The topological polar surface area (TPSA) is 75.7 Å². The molecule has 0 unspecified atom stereocenters. The average molecular weight is 386 g/mol. The lowest BCUT2D eigenvalue weighted by Gasteiger charge is -2.26. The molecule has 0 saturated carbocycles. The van der Waals surface area contributed by atoms with Crippen molar-refractivity contribution in [3.05, 3.63) is 65.7 Å². The van der Waals surface area contributed by atoms with E-state index in [-0.39, 0.29) is 4.90 Å². The van der Waals surface area contributed by atoms with Crippen LogP contribution in [0.25, 0.3) is 0 Å². The molecular weight excluding hydrogens is 364 g/mol. The van der Waals surface area contributed by atoms with Gasteiger partial charge in [0.1, 0.15) is 5.75 Å². The third kappa shape index (κ3) is 4.31. The van der Waals surface area contributed by atoms with Crippen molar-refractivity contribution in [1.82, 2.24) is 4.72 Å². The second-order valence-electron chi connectivity index (χ2n) is 6.33. The summed E-state index contributed by atoms with van der Waals surface area (Å²) in [6.45, 7) is 2.25. The Hall–Kier alpha value is -2.80. The predicted octanol–water partition coefficient (Wildman–Crippen LogP) is 3.41. The molecule has 142 valence electrons. The number of methoxy groups -OCH3 is 1. The molecule has 6 nitrogen and oxygen atoms in total. The number of urea groups is 1. The van der Waals surface area contributed by atoms with Crippen LogP contribution in [0.3, 0.4) is 0 Å². The smallest absolute Gasteiger partial charge is 0.335 e. The van der Waals surface area contributed by atoms with Gasteiger partial charge in [-0.3, -0.25) is 4.90 Å².